The van der Waals surface area contributed by atoms with Crippen LogP contribution in [0, 0.1) is 0 Å². The summed E-state index contributed by atoms with van der Waals surface area (Å²) in [6.45, 7) is 1.90. The SMILES string of the molecule is COc1cc2bccc(OC3=CC=C(NC(=O)C(=O)NC4CCCc5ccccc54)CC3F)c2cc1OC. The van der Waals surface area contributed by atoms with Gasteiger partial charge in [0.25, 0.3) is 0 Å². The second-order valence-electron chi connectivity index (χ2n) is 9.29. The number of methoxy groups -OCH3 is 2. The third-order valence-corrected chi connectivity index (χ3v) is 6.88. The molecule has 38 heavy (non-hydrogen) atoms. The number of benzene rings is 2. The van der Waals surface area contributed by atoms with Crippen molar-refractivity contribution in [2.45, 2.75) is 37.9 Å². The second-order valence-corrected chi connectivity index (χ2v) is 9.29. The predicted octanol–water partition coefficient (Wildman–Crippen LogP) is 4.39. The Bertz CT molecular complexity index is 1450. The maximum atomic E-state index is 15.1. The fourth-order valence-corrected chi connectivity index (χ4v) is 4.96. The van der Waals surface area contributed by atoms with Crippen molar-refractivity contribution in [2.24, 2.45) is 0 Å². The molecule has 0 fully saturated rings. The first-order valence-electron chi connectivity index (χ1n) is 12.5. The first-order valence-corrected chi connectivity index (χ1v) is 12.5. The van der Waals surface area contributed by atoms with Gasteiger partial charge in [0.2, 0.25) is 0 Å². The molecule has 2 aliphatic carbocycles. The van der Waals surface area contributed by atoms with Gasteiger partial charge in [-0.15, -0.1) is 0 Å². The molecule has 194 valence electrons. The van der Waals surface area contributed by atoms with E-state index >= 15 is 4.39 Å². The van der Waals surface area contributed by atoms with Gasteiger partial charge in [0.1, 0.15) is 0 Å². The van der Waals surface area contributed by atoms with Crippen LogP contribution < -0.4 is 24.8 Å². The number of hydrogen-bond acceptors (Lipinski definition) is 5. The molecule has 0 saturated carbocycles. The summed E-state index contributed by atoms with van der Waals surface area (Å²) in [5.41, 5.74) is 2.52. The van der Waals surface area contributed by atoms with E-state index in [2.05, 4.69) is 10.6 Å². The first kappa shape index (κ1) is 25.5. The molecule has 2 aliphatic rings. The molecule has 0 aliphatic heterocycles. The number of carbonyl (C=O) groups is 2. The van der Waals surface area contributed by atoms with Crippen LogP contribution in [-0.4, -0.2) is 39.1 Å². The average molecular weight is 514 g/mol. The van der Waals surface area contributed by atoms with Crippen LogP contribution in [-0.2, 0) is 16.0 Å². The molecule has 0 spiro atoms. The summed E-state index contributed by atoms with van der Waals surface area (Å²) in [5, 5.41) is 6.95. The number of halogens is 1. The van der Waals surface area contributed by atoms with E-state index in [1.54, 1.807) is 32.4 Å². The average Bonchev–Trinajstić information content (AvgIpc) is 2.94. The fourth-order valence-electron chi connectivity index (χ4n) is 4.96. The Balaban J connectivity index is 1.27. The van der Waals surface area contributed by atoms with Gasteiger partial charge in [0, 0.05) is 0 Å². The Morgan fingerprint density at radius 3 is 2.58 bits per heavy atom. The zero-order valence-corrected chi connectivity index (χ0v) is 21.3. The summed E-state index contributed by atoms with van der Waals surface area (Å²) in [7, 11) is 3.11. The normalized spacial score (nSPS) is 18.4. The van der Waals surface area contributed by atoms with Crippen molar-refractivity contribution >= 4 is 29.4 Å². The number of hydrogen-bond donors (Lipinski definition) is 2. The van der Waals surface area contributed by atoms with Gasteiger partial charge in [-0.2, -0.15) is 0 Å². The number of fused-ring (bicyclic) bond motifs is 2. The summed E-state index contributed by atoms with van der Waals surface area (Å²) in [4.78, 5) is 25.2. The summed E-state index contributed by atoms with van der Waals surface area (Å²) < 4.78 is 31.8. The van der Waals surface area contributed by atoms with Crippen LogP contribution in [0.3, 0.4) is 0 Å². The van der Waals surface area contributed by atoms with Crippen LogP contribution in [0.5, 0.6) is 17.2 Å². The molecule has 1 heterocycles. The van der Waals surface area contributed by atoms with Crippen LogP contribution in [0.2, 0.25) is 0 Å². The van der Waals surface area contributed by atoms with E-state index in [1.807, 2.05) is 43.2 Å². The second kappa shape index (κ2) is 11.1. The van der Waals surface area contributed by atoms with Crippen molar-refractivity contribution in [3.05, 3.63) is 83.2 Å². The quantitative estimate of drug-likeness (QED) is 0.477. The van der Waals surface area contributed by atoms with Crippen LogP contribution in [0.15, 0.2) is 72.0 Å². The van der Waals surface area contributed by atoms with Crippen LogP contribution in [0.1, 0.15) is 36.4 Å². The Morgan fingerprint density at radius 2 is 1.79 bits per heavy atom. The van der Waals surface area contributed by atoms with E-state index < -0.39 is 18.0 Å². The van der Waals surface area contributed by atoms with Gasteiger partial charge in [-0.1, -0.05) is 24.3 Å². The van der Waals surface area contributed by atoms with Crippen molar-refractivity contribution in [1.82, 2.24) is 10.6 Å². The number of rotatable bonds is 6. The van der Waals surface area contributed by atoms with Gasteiger partial charge in [-0.25, -0.2) is 0 Å². The molecule has 2 amide bonds. The van der Waals surface area contributed by atoms with Gasteiger partial charge in [-0.05, 0) is 30.4 Å². The summed E-state index contributed by atoms with van der Waals surface area (Å²) >= 11 is 0. The Kier molecular flexibility index (Phi) is 7.44. The molecule has 0 saturated heterocycles. The van der Waals surface area contributed by atoms with Gasteiger partial charge in [0.05, 0.1) is 6.04 Å². The Labute approximate surface area is 220 Å². The molecule has 5 rings (SSSR count). The van der Waals surface area contributed by atoms with Gasteiger partial charge in [0.15, 0.2) is 0 Å². The number of allylic oxidation sites excluding steroid dienone is 4. The summed E-state index contributed by atoms with van der Waals surface area (Å²) in [6.07, 6.45) is 4.05. The monoisotopic (exact) mass is 514 g/mol. The van der Waals surface area contributed by atoms with Crippen LogP contribution in [0.25, 0.3) is 10.7 Å². The maximum absolute atomic E-state index is 15.1. The number of nitrogens with one attached hydrogen (secondary N) is 2. The van der Waals surface area contributed by atoms with E-state index in [-0.39, 0.29) is 18.2 Å². The molecule has 7 nitrogen and oxygen atoms in total. The molecular formula is C29H28BFN2O5. The van der Waals surface area contributed by atoms with Crippen LogP contribution in [0.4, 0.5) is 4.39 Å². The molecule has 2 aromatic carbocycles. The molecule has 9 heteroatoms. The number of alkyl halides is 1. The van der Waals surface area contributed by atoms with Crippen molar-refractivity contribution in [2.75, 3.05) is 14.2 Å². The van der Waals surface area contributed by atoms with E-state index in [4.69, 9.17) is 14.2 Å². The predicted molar refractivity (Wildman–Crippen MR) is 143 cm³/mol. The van der Waals surface area contributed by atoms with Crippen LogP contribution >= 0.6 is 0 Å². The fraction of sp³-hybridized carbons (Fsp3) is 0.276. The van der Waals surface area contributed by atoms with Gasteiger partial charge >= 0.3 is 160 Å². The molecule has 0 bridgehead atoms. The van der Waals surface area contributed by atoms with E-state index in [1.165, 1.54) is 11.6 Å². The van der Waals surface area contributed by atoms with Crippen molar-refractivity contribution in [1.29, 1.82) is 0 Å². The third kappa shape index (κ3) is 5.27. The molecule has 2 atom stereocenters. The molecule has 3 aromatic rings. The number of amides is 2. The number of ether oxygens (including phenoxy) is 3. The summed E-state index contributed by atoms with van der Waals surface area (Å²) in [5.74, 6) is 1.93. The van der Waals surface area contributed by atoms with Gasteiger partial charge < -0.3 is 0 Å². The zero-order chi connectivity index (χ0) is 26.6. The molecule has 1 aromatic heterocycles. The molecular weight excluding hydrogens is 486 g/mol. The topological polar surface area (TPSA) is 85.9 Å². The Hall–Kier alpha value is -4.14. The van der Waals surface area contributed by atoms with E-state index in [0.717, 1.165) is 35.5 Å². The zero-order valence-electron chi connectivity index (χ0n) is 21.3. The van der Waals surface area contributed by atoms with Crippen molar-refractivity contribution in [3.63, 3.8) is 0 Å². The number of aryl methyl sites for hydroxylation is 1. The van der Waals surface area contributed by atoms with Gasteiger partial charge in [-0.3, -0.25) is 0 Å². The number of carbonyl (C=O) groups excluding carboxylic acids is 2. The molecule has 0 radical (unpaired) electrons. The Morgan fingerprint density at radius 1 is 1.00 bits per heavy atom. The minimum atomic E-state index is -1.50. The minimum absolute atomic E-state index is 0.105. The van der Waals surface area contributed by atoms with E-state index in [0.29, 0.717) is 22.9 Å². The molecule has 2 N–H and O–H groups in total. The summed E-state index contributed by atoms with van der Waals surface area (Å²) in [6, 6.07) is 13.1. The third-order valence-electron chi connectivity index (χ3n) is 6.88. The van der Waals surface area contributed by atoms with Crippen molar-refractivity contribution in [3.8, 4) is 17.2 Å². The molecule has 2 unspecified atom stereocenters. The van der Waals surface area contributed by atoms with Crippen molar-refractivity contribution < 1.29 is 28.2 Å². The first-order chi connectivity index (χ1) is 18.5. The van der Waals surface area contributed by atoms with E-state index in [9.17, 15) is 9.59 Å². The standard InChI is InChI=1S/C29H28BFN2O5/c1-36-26-15-20-21(16-27(26)37-2)30-13-12-24(20)38-25-11-10-18(14-22(25)31)32-28(34)29(35)33-23-9-5-7-17-6-3-4-8-19(17)23/h3-4,6,8,10-13,15-16,22-23H,5,7,9,14H2,1-2H3,(H,32,34)(H,33,35).